The molecule has 2 aromatic rings. The zero-order valence-electron chi connectivity index (χ0n) is 10.4. The minimum atomic E-state index is -0.724. The van der Waals surface area contributed by atoms with Gasteiger partial charge in [0.25, 0.3) is 0 Å². The molecule has 0 saturated carbocycles. The summed E-state index contributed by atoms with van der Waals surface area (Å²) in [5, 5.41) is 21.7. The molecule has 0 spiro atoms. The monoisotopic (exact) mass is 246 g/mol. The molecule has 0 fully saturated rings. The molecule has 4 heteroatoms. The second-order valence-electron chi connectivity index (χ2n) is 4.23. The SMILES string of the molecule is CNc1c(CC(O)CO)cccc1-c1cc[nH]c1. The van der Waals surface area contributed by atoms with Gasteiger partial charge < -0.3 is 20.5 Å². The number of para-hydroxylation sites is 1. The van der Waals surface area contributed by atoms with E-state index in [0.717, 1.165) is 22.4 Å². The van der Waals surface area contributed by atoms with E-state index in [0.29, 0.717) is 6.42 Å². The first-order valence-electron chi connectivity index (χ1n) is 5.98. The number of aromatic nitrogens is 1. The quantitative estimate of drug-likeness (QED) is 0.648. The number of H-pyrrole nitrogens is 1. The van der Waals surface area contributed by atoms with E-state index in [1.165, 1.54) is 0 Å². The topological polar surface area (TPSA) is 68.3 Å². The van der Waals surface area contributed by atoms with Gasteiger partial charge in [-0.2, -0.15) is 0 Å². The Morgan fingerprint density at radius 1 is 1.33 bits per heavy atom. The number of hydrogen-bond donors (Lipinski definition) is 4. The molecule has 0 aliphatic rings. The molecule has 0 saturated heterocycles. The van der Waals surface area contributed by atoms with Crippen LogP contribution in [0.25, 0.3) is 11.1 Å². The largest absolute Gasteiger partial charge is 0.394 e. The van der Waals surface area contributed by atoms with Gasteiger partial charge in [-0.15, -0.1) is 0 Å². The number of aliphatic hydroxyl groups is 2. The Balaban J connectivity index is 2.40. The van der Waals surface area contributed by atoms with Gasteiger partial charge >= 0.3 is 0 Å². The smallest absolute Gasteiger partial charge is 0.0811 e. The molecule has 4 N–H and O–H groups in total. The normalized spacial score (nSPS) is 12.4. The predicted molar refractivity (Wildman–Crippen MR) is 72.6 cm³/mol. The molecular formula is C14H18N2O2. The minimum absolute atomic E-state index is 0.225. The molecule has 0 radical (unpaired) electrons. The van der Waals surface area contributed by atoms with E-state index in [1.807, 2.05) is 43.7 Å². The van der Waals surface area contributed by atoms with Crippen molar-refractivity contribution < 1.29 is 10.2 Å². The van der Waals surface area contributed by atoms with Crippen LogP contribution in [0.5, 0.6) is 0 Å². The first kappa shape index (κ1) is 12.7. The summed E-state index contributed by atoms with van der Waals surface area (Å²) in [7, 11) is 1.86. The van der Waals surface area contributed by atoms with Crippen molar-refractivity contribution in [2.75, 3.05) is 19.0 Å². The van der Waals surface area contributed by atoms with Gasteiger partial charge in [-0.05, 0) is 11.6 Å². The van der Waals surface area contributed by atoms with Gasteiger partial charge in [-0.25, -0.2) is 0 Å². The van der Waals surface area contributed by atoms with Gasteiger partial charge in [0, 0.05) is 42.7 Å². The Morgan fingerprint density at radius 3 is 2.78 bits per heavy atom. The molecule has 4 nitrogen and oxygen atoms in total. The van der Waals surface area contributed by atoms with Crippen molar-refractivity contribution in [2.24, 2.45) is 0 Å². The second-order valence-corrected chi connectivity index (χ2v) is 4.23. The van der Waals surface area contributed by atoms with Gasteiger partial charge in [0.05, 0.1) is 12.7 Å². The summed E-state index contributed by atoms with van der Waals surface area (Å²) < 4.78 is 0. The molecule has 1 aromatic heterocycles. The summed E-state index contributed by atoms with van der Waals surface area (Å²) in [6.07, 6.45) is 3.52. The fourth-order valence-corrected chi connectivity index (χ4v) is 2.12. The van der Waals surface area contributed by atoms with Crippen LogP contribution in [0.15, 0.2) is 36.7 Å². The summed E-state index contributed by atoms with van der Waals surface area (Å²) in [5.74, 6) is 0. The number of aromatic amines is 1. The van der Waals surface area contributed by atoms with E-state index >= 15 is 0 Å². The molecule has 0 amide bonds. The summed E-state index contributed by atoms with van der Waals surface area (Å²) in [6.45, 7) is -0.225. The molecule has 1 atom stereocenters. The molecule has 0 aliphatic carbocycles. The fraction of sp³-hybridized carbons (Fsp3) is 0.286. The number of aliphatic hydroxyl groups excluding tert-OH is 2. The van der Waals surface area contributed by atoms with Crippen molar-refractivity contribution in [3.63, 3.8) is 0 Å². The molecule has 0 bridgehead atoms. The van der Waals surface area contributed by atoms with E-state index in [1.54, 1.807) is 0 Å². The molecule has 2 rings (SSSR count). The third-order valence-electron chi connectivity index (χ3n) is 2.98. The number of benzene rings is 1. The van der Waals surface area contributed by atoms with Crippen LogP contribution in [0, 0.1) is 0 Å². The number of nitrogens with one attached hydrogen (secondary N) is 2. The Labute approximate surface area is 106 Å². The van der Waals surface area contributed by atoms with Gasteiger partial charge in [-0.1, -0.05) is 18.2 Å². The zero-order valence-corrected chi connectivity index (χ0v) is 10.4. The van der Waals surface area contributed by atoms with Gasteiger partial charge in [0.15, 0.2) is 0 Å². The van der Waals surface area contributed by atoms with E-state index < -0.39 is 6.10 Å². The molecular weight excluding hydrogens is 228 g/mol. The molecule has 1 aromatic carbocycles. The summed E-state index contributed by atoms with van der Waals surface area (Å²) in [4.78, 5) is 3.03. The Kier molecular flexibility index (Phi) is 4.02. The summed E-state index contributed by atoms with van der Waals surface area (Å²) >= 11 is 0. The first-order valence-corrected chi connectivity index (χ1v) is 5.98. The standard InChI is InChI=1S/C14H18N2O2/c1-15-14-10(7-12(18)9-17)3-2-4-13(14)11-5-6-16-8-11/h2-6,8,12,15-18H,7,9H2,1H3. The lowest BCUT2D eigenvalue weighted by atomic mass is 9.98. The van der Waals surface area contributed by atoms with E-state index in [-0.39, 0.29) is 6.61 Å². The van der Waals surface area contributed by atoms with E-state index in [2.05, 4.69) is 10.3 Å². The average Bonchev–Trinajstić information content (AvgIpc) is 2.92. The second kappa shape index (κ2) is 5.71. The maximum absolute atomic E-state index is 9.57. The molecule has 1 heterocycles. The van der Waals surface area contributed by atoms with E-state index in [9.17, 15) is 5.11 Å². The van der Waals surface area contributed by atoms with Gasteiger partial charge in [0.2, 0.25) is 0 Å². The van der Waals surface area contributed by atoms with E-state index in [4.69, 9.17) is 5.11 Å². The minimum Gasteiger partial charge on any atom is -0.394 e. The Morgan fingerprint density at radius 2 is 2.17 bits per heavy atom. The number of hydrogen-bond acceptors (Lipinski definition) is 3. The van der Waals surface area contributed by atoms with Crippen LogP contribution >= 0.6 is 0 Å². The fourth-order valence-electron chi connectivity index (χ4n) is 2.12. The lowest BCUT2D eigenvalue weighted by Gasteiger charge is -2.15. The molecule has 18 heavy (non-hydrogen) atoms. The highest BCUT2D eigenvalue weighted by Crippen LogP contribution is 2.31. The number of rotatable bonds is 5. The molecule has 0 aliphatic heterocycles. The van der Waals surface area contributed by atoms with Crippen LogP contribution in [-0.2, 0) is 6.42 Å². The van der Waals surface area contributed by atoms with Crippen molar-refractivity contribution in [1.29, 1.82) is 0 Å². The average molecular weight is 246 g/mol. The van der Waals surface area contributed by atoms with Crippen molar-refractivity contribution in [2.45, 2.75) is 12.5 Å². The highest BCUT2D eigenvalue weighted by molar-refractivity contribution is 5.79. The van der Waals surface area contributed by atoms with Crippen LogP contribution < -0.4 is 5.32 Å². The highest BCUT2D eigenvalue weighted by Gasteiger charge is 2.12. The van der Waals surface area contributed by atoms with Crippen LogP contribution in [-0.4, -0.2) is 35.0 Å². The van der Waals surface area contributed by atoms with Crippen molar-refractivity contribution in [3.8, 4) is 11.1 Å². The highest BCUT2D eigenvalue weighted by atomic mass is 16.3. The molecule has 1 unspecified atom stereocenters. The van der Waals surface area contributed by atoms with Crippen LogP contribution in [0.4, 0.5) is 5.69 Å². The lowest BCUT2D eigenvalue weighted by molar-refractivity contribution is 0.0956. The zero-order chi connectivity index (χ0) is 13.0. The van der Waals surface area contributed by atoms with Crippen LogP contribution in [0.3, 0.4) is 0 Å². The first-order chi connectivity index (χ1) is 8.76. The van der Waals surface area contributed by atoms with Crippen LogP contribution in [0.1, 0.15) is 5.56 Å². The maximum atomic E-state index is 9.57. The van der Waals surface area contributed by atoms with Crippen molar-refractivity contribution in [1.82, 2.24) is 4.98 Å². The maximum Gasteiger partial charge on any atom is 0.0811 e. The van der Waals surface area contributed by atoms with Crippen LogP contribution in [0.2, 0.25) is 0 Å². The Hall–Kier alpha value is -1.78. The lowest BCUT2D eigenvalue weighted by Crippen LogP contribution is -2.16. The Bertz CT molecular complexity index is 495. The van der Waals surface area contributed by atoms with Gasteiger partial charge in [0.1, 0.15) is 0 Å². The third kappa shape index (κ3) is 2.55. The summed E-state index contributed by atoms with van der Waals surface area (Å²) in [6, 6.07) is 7.95. The number of anilines is 1. The van der Waals surface area contributed by atoms with Crippen molar-refractivity contribution >= 4 is 5.69 Å². The third-order valence-corrected chi connectivity index (χ3v) is 2.98. The summed E-state index contributed by atoms with van der Waals surface area (Å²) in [5.41, 5.74) is 4.17. The molecule has 96 valence electrons. The van der Waals surface area contributed by atoms with Crippen molar-refractivity contribution in [3.05, 3.63) is 42.2 Å². The predicted octanol–water partition coefficient (Wildman–Crippen LogP) is 1.62. The van der Waals surface area contributed by atoms with Gasteiger partial charge in [-0.3, -0.25) is 0 Å².